The van der Waals surface area contributed by atoms with Gasteiger partial charge in [0.2, 0.25) is 0 Å². The molecule has 4 rings (SSSR count). The van der Waals surface area contributed by atoms with E-state index in [4.69, 9.17) is 0 Å². The number of piperazine rings is 1. The smallest absolute Gasteiger partial charge is 0.293 e. The molecule has 2 aliphatic rings. The van der Waals surface area contributed by atoms with Gasteiger partial charge in [-0.3, -0.25) is 14.9 Å². The number of para-hydroxylation sites is 1. The normalized spacial score (nSPS) is 21.8. The molecule has 2 aromatic carbocycles. The molecule has 0 aromatic heterocycles. The van der Waals surface area contributed by atoms with Gasteiger partial charge in [0.25, 0.3) is 11.6 Å². The maximum absolute atomic E-state index is 13.1. The summed E-state index contributed by atoms with van der Waals surface area (Å²) in [5.74, 6) is 0.846. The number of nitrogens with zero attached hydrogens (tertiary/aromatic N) is 4. The Morgan fingerprint density at radius 3 is 2.19 bits per heavy atom. The van der Waals surface area contributed by atoms with Crippen LogP contribution in [0, 0.1) is 22.0 Å². The van der Waals surface area contributed by atoms with E-state index < -0.39 is 0 Å². The molecule has 0 spiro atoms. The van der Waals surface area contributed by atoms with Crippen molar-refractivity contribution in [3.05, 3.63) is 64.2 Å². The van der Waals surface area contributed by atoms with Gasteiger partial charge in [-0.25, -0.2) is 0 Å². The number of carbonyl (C=O) groups excluding carboxylic acids is 1. The first-order chi connectivity index (χ1) is 14.9. The van der Waals surface area contributed by atoms with E-state index in [1.807, 2.05) is 18.2 Å². The molecule has 2 heterocycles. The lowest BCUT2D eigenvalue weighted by Crippen LogP contribution is -2.48. The minimum absolute atomic E-state index is 0.0232. The van der Waals surface area contributed by atoms with Crippen molar-refractivity contribution in [3.63, 3.8) is 0 Å². The van der Waals surface area contributed by atoms with Gasteiger partial charge in [0.15, 0.2) is 0 Å². The Balaban J connectivity index is 1.49. The van der Waals surface area contributed by atoms with Gasteiger partial charge in [-0.2, -0.15) is 0 Å². The number of amides is 1. The first kappa shape index (κ1) is 21.2. The van der Waals surface area contributed by atoms with E-state index in [2.05, 4.69) is 35.8 Å². The molecule has 7 nitrogen and oxygen atoms in total. The topological polar surface area (TPSA) is 69.9 Å². The van der Waals surface area contributed by atoms with Crippen molar-refractivity contribution in [2.24, 2.45) is 11.8 Å². The van der Waals surface area contributed by atoms with Crippen LogP contribution in [-0.2, 0) is 0 Å². The molecular weight excluding hydrogens is 392 g/mol. The van der Waals surface area contributed by atoms with Crippen LogP contribution in [0.15, 0.2) is 48.5 Å². The summed E-state index contributed by atoms with van der Waals surface area (Å²) in [5.41, 5.74) is 2.19. The molecule has 2 aromatic rings. The largest absolute Gasteiger partial charge is 0.368 e. The van der Waals surface area contributed by atoms with Crippen molar-refractivity contribution in [2.75, 3.05) is 49.1 Å². The third-order valence-corrected chi connectivity index (χ3v) is 6.32. The van der Waals surface area contributed by atoms with Crippen LogP contribution in [0.2, 0.25) is 0 Å². The SMILES string of the molecule is CC1CC(C)CN(c2ccc(C(=O)N3CCN(c4ccccc4)CC3)cc2[N+](=O)[O-])C1. The second-order valence-corrected chi connectivity index (χ2v) is 8.93. The van der Waals surface area contributed by atoms with Gasteiger partial charge in [-0.05, 0) is 42.5 Å². The fourth-order valence-corrected chi connectivity index (χ4v) is 4.92. The first-order valence-electron chi connectivity index (χ1n) is 11.0. The third kappa shape index (κ3) is 4.65. The van der Waals surface area contributed by atoms with Gasteiger partial charge in [0.05, 0.1) is 4.92 Å². The van der Waals surface area contributed by atoms with E-state index in [1.54, 1.807) is 17.0 Å². The van der Waals surface area contributed by atoms with Crippen molar-refractivity contribution in [1.29, 1.82) is 0 Å². The highest BCUT2D eigenvalue weighted by Gasteiger charge is 2.29. The lowest BCUT2D eigenvalue weighted by molar-refractivity contribution is -0.384. The molecule has 0 N–H and O–H groups in total. The first-order valence-corrected chi connectivity index (χ1v) is 11.0. The number of benzene rings is 2. The molecule has 164 valence electrons. The number of piperidine rings is 1. The van der Waals surface area contributed by atoms with Crippen LogP contribution in [0.3, 0.4) is 0 Å². The number of rotatable bonds is 4. The Bertz CT molecular complexity index is 931. The number of hydrogen-bond acceptors (Lipinski definition) is 5. The molecular formula is C24H30N4O3. The number of carbonyl (C=O) groups is 1. The summed E-state index contributed by atoms with van der Waals surface area (Å²) in [6.07, 6.45) is 1.13. The predicted molar refractivity (Wildman–Crippen MR) is 123 cm³/mol. The molecule has 1 amide bonds. The monoisotopic (exact) mass is 422 g/mol. The van der Waals surface area contributed by atoms with Gasteiger partial charge in [0.1, 0.15) is 5.69 Å². The summed E-state index contributed by atoms with van der Waals surface area (Å²) in [4.78, 5) is 30.7. The quantitative estimate of drug-likeness (QED) is 0.549. The summed E-state index contributed by atoms with van der Waals surface area (Å²) < 4.78 is 0. The molecule has 2 atom stereocenters. The van der Waals surface area contributed by atoms with Crippen molar-refractivity contribution in [1.82, 2.24) is 4.90 Å². The van der Waals surface area contributed by atoms with E-state index in [1.165, 1.54) is 6.07 Å². The standard InChI is InChI=1S/C24H30N4O3/c1-18-14-19(2)17-27(16-18)22-9-8-20(15-23(22)28(30)31)24(29)26-12-10-25(11-13-26)21-6-4-3-5-7-21/h3-9,15,18-19H,10-14,16-17H2,1-2H3. The van der Waals surface area contributed by atoms with Crippen LogP contribution in [0.25, 0.3) is 0 Å². The minimum Gasteiger partial charge on any atom is -0.368 e. The number of nitro benzene ring substituents is 1. The van der Waals surface area contributed by atoms with Gasteiger partial charge < -0.3 is 14.7 Å². The lowest BCUT2D eigenvalue weighted by atomic mass is 9.91. The number of nitro groups is 1. The minimum atomic E-state index is -0.358. The average molecular weight is 423 g/mol. The molecule has 0 saturated carbocycles. The molecule has 7 heteroatoms. The Morgan fingerprint density at radius 1 is 0.935 bits per heavy atom. The summed E-state index contributed by atoms with van der Waals surface area (Å²) in [6.45, 7) is 8.68. The number of hydrogen-bond donors (Lipinski definition) is 0. The predicted octanol–water partition coefficient (Wildman–Crippen LogP) is 4.04. The Morgan fingerprint density at radius 2 is 1.58 bits per heavy atom. The highest BCUT2D eigenvalue weighted by molar-refractivity contribution is 5.96. The van der Waals surface area contributed by atoms with E-state index in [-0.39, 0.29) is 16.5 Å². The molecule has 2 fully saturated rings. The Labute approximate surface area is 183 Å². The maximum Gasteiger partial charge on any atom is 0.293 e. The van der Waals surface area contributed by atoms with Gasteiger partial charge >= 0.3 is 0 Å². The second-order valence-electron chi connectivity index (χ2n) is 8.93. The molecule has 0 radical (unpaired) electrons. The molecule has 2 aliphatic heterocycles. The zero-order chi connectivity index (χ0) is 22.0. The van der Waals surface area contributed by atoms with Gasteiger partial charge in [0, 0.05) is 56.6 Å². The van der Waals surface area contributed by atoms with Crippen LogP contribution in [0.5, 0.6) is 0 Å². The average Bonchev–Trinajstić information content (AvgIpc) is 2.78. The Kier molecular flexibility index (Phi) is 6.11. The van der Waals surface area contributed by atoms with Gasteiger partial charge in [-0.15, -0.1) is 0 Å². The van der Waals surface area contributed by atoms with Gasteiger partial charge in [-0.1, -0.05) is 32.0 Å². The summed E-state index contributed by atoms with van der Waals surface area (Å²) in [7, 11) is 0. The van der Waals surface area contributed by atoms with E-state index >= 15 is 0 Å². The van der Waals surface area contributed by atoms with Crippen LogP contribution < -0.4 is 9.80 Å². The summed E-state index contributed by atoms with van der Waals surface area (Å²) in [6, 6.07) is 15.1. The zero-order valence-corrected chi connectivity index (χ0v) is 18.2. The highest BCUT2D eigenvalue weighted by Crippen LogP contribution is 2.34. The van der Waals surface area contributed by atoms with Crippen LogP contribution in [-0.4, -0.2) is 55.0 Å². The second kappa shape index (κ2) is 8.96. The molecule has 2 saturated heterocycles. The molecule has 0 aliphatic carbocycles. The zero-order valence-electron chi connectivity index (χ0n) is 18.2. The highest BCUT2D eigenvalue weighted by atomic mass is 16.6. The number of anilines is 2. The molecule has 31 heavy (non-hydrogen) atoms. The fourth-order valence-electron chi connectivity index (χ4n) is 4.92. The maximum atomic E-state index is 13.1. The molecule has 0 bridgehead atoms. The molecule has 2 unspecified atom stereocenters. The van der Waals surface area contributed by atoms with E-state index in [0.717, 1.165) is 38.3 Å². The summed E-state index contributed by atoms with van der Waals surface area (Å²) in [5, 5.41) is 11.8. The van der Waals surface area contributed by atoms with E-state index in [0.29, 0.717) is 36.2 Å². The van der Waals surface area contributed by atoms with E-state index in [9.17, 15) is 14.9 Å². The van der Waals surface area contributed by atoms with Crippen LogP contribution in [0.1, 0.15) is 30.6 Å². The lowest BCUT2D eigenvalue weighted by Gasteiger charge is -2.37. The van der Waals surface area contributed by atoms with Crippen molar-refractivity contribution >= 4 is 23.0 Å². The van der Waals surface area contributed by atoms with Crippen LogP contribution in [0.4, 0.5) is 17.1 Å². The van der Waals surface area contributed by atoms with Crippen LogP contribution >= 0.6 is 0 Å². The van der Waals surface area contributed by atoms with Crippen molar-refractivity contribution < 1.29 is 9.72 Å². The van der Waals surface area contributed by atoms with Crippen molar-refractivity contribution in [2.45, 2.75) is 20.3 Å². The summed E-state index contributed by atoms with van der Waals surface area (Å²) >= 11 is 0. The fraction of sp³-hybridized carbons (Fsp3) is 0.458. The third-order valence-electron chi connectivity index (χ3n) is 6.32. The van der Waals surface area contributed by atoms with Crippen molar-refractivity contribution in [3.8, 4) is 0 Å². The Hall–Kier alpha value is -3.09.